The largest absolute Gasteiger partial charge is 0.311 e. The van der Waals surface area contributed by atoms with Gasteiger partial charge in [0.25, 0.3) is 0 Å². The van der Waals surface area contributed by atoms with Gasteiger partial charge in [-0.1, -0.05) is 30.1 Å². The summed E-state index contributed by atoms with van der Waals surface area (Å²) in [6, 6.07) is 7.46. The van der Waals surface area contributed by atoms with Crippen LogP contribution in [0.2, 0.25) is 10.0 Å². The quantitative estimate of drug-likeness (QED) is 0.849. The normalized spacial score (nSPS) is 10.8. The van der Waals surface area contributed by atoms with Crippen molar-refractivity contribution in [2.45, 2.75) is 19.9 Å². The molecule has 96 valence electrons. The molecule has 18 heavy (non-hydrogen) atoms. The summed E-state index contributed by atoms with van der Waals surface area (Å²) < 4.78 is 1.80. The van der Waals surface area contributed by atoms with Crippen LogP contribution in [0.4, 0.5) is 0 Å². The molecule has 0 fully saturated rings. The van der Waals surface area contributed by atoms with Crippen molar-refractivity contribution in [3.8, 4) is 5.69 Å². The van der Waals surface area contributed by atoms with E-state index in [1.165, 1.54) is 0 Å². The highest BCUT2D eigenvalue weighted by Crippen LogP contribution is 2.24. The second-order valence-corrected chi connectivity index (χ2v) is 4.84. The van der Waals surface area contributed by atoms with E-state index in [0.29, 0.717) is 10.0 Å². The van der Waals surface area contributed by atoms with E-state index < -0.39 is 0 Å². The number of hydrogen-bond donors (Lipinski definition) is 1. The van der Waals surface area contributed by atoms with E-state index >= 15 is 0 Å². The van der Waals surface area contributed by atoms with Crippen LogP contribution in [0, 0.1) is 0 Å². The Morgan fingerprint density at radius 3 is 2.78 bits per heavy atom. The van der Waals surface area contributed by atoms with Crippen LogP contribution >= 0.6 is 23.2 Å². The van der Waals surface area contributed by atoms with Crippen molar-refractivity contribution >= 4 is 23.2 Å². The fourth-order valence-corrected chi connectivity index (χ4v) is 1.91. The molecule has 0 radical (unpaired) electrons. The molecule has 3 nitrogen and oxygen atoms in total. The molecule has 0 aliphatic rings. The fraction of sp³-hybridized carbons (Fsp3) is 0.308. The highest BCUT2D eigenvalue weighted by Gasteiger charge is 2.03. The monoisotopic (exact) mass is 283 g/mol. The molecule has 1 heterocycles. The van der Waals surface area contributed by atoms with Gasteiger partial charge in [0, 0.05) is 12.7 Å². The second-order valence-electron chi connectivity index (χ2n) is 4.03. The summed E-state index contributed by atoms with van der Waals surface area (Å²) in [5.41, 5.74) is 1.92. The number of benzene rings is 1. The van der Waals surface area contributed by atoms with Crippen molar-refractivity contribution in [3.05, 3.63) is 46.2 Å². The number of hydrogen-bond acceptors (Lipinski definition) is 2. The predicted molar refractivity (Wildman–Crippen MR) is 75.6 cm³/mol. The Balaban J connectivity index is 2.11. The first-order chi connectivity index (χ1) is 8.70. The second kappa shape index (κ2) is 6.23. The van der Waals surface area contributed by atoms with E-state index in [0.717, 1.165) is 30.9 Å². The lowest BCUT2D eigenvalue weighted by molar-refractivity contribution is 0.656. The van der Waals surface area contributed by atoms with Gasteiger partial charge in [0.05, 0.1) is 21.4 Å². The predicted octanol–water partition coefficient (Wildman–Crippen LogP) is 3.68. The highest BCUT2D eigenvalue weighted by atomic mass is 35.5. The first-order valence-electron chi connectivity index (χ1n) is 5.91. The molecule has 0 atom stereocenters. The van der Waals surface area contributed by atoms with E-state index in [1.807, 2.05) is 18.3 Å². The molecular formula is C13H15Cl2N3. The van der Waals surface area contributed by atoms with Crippen LogP contribution in [0.1, 0.15) is 19.0 Å². The van der Waals surface area contributed by atoms with Crippen molar-refractivity contribution < 1.29 is 0 Å². The third-order valence-corrected chi connectivity index (χ3v) is 3.28. The molecule has 0 aliphatic carbocycles. The molecule has 0 spiro atoms. The third-order valence-electron chi connectivity index (χ3n) is 2.54. The molecule has 5 heteroatoms. The van der Waals surface area contributed by atoms with Crippen molar-refractivity contribution in [1.82, 2.24) is 15.1 Å². The van der Waals surface area contributed by atoms with Crippen LogP contribution in [0.5, 0.6) is 0 Å². The zero-order valence-corrected chi connectivity index (χ0v) is 11.7. The van der Waals surface area contributed by atoms with Gasteiger partial charge in [0.2, 0.25) is 0 Å². The van der Waals surface area contributed by atoms with Gasteiger partial charge < -0.3 is 5.32 Å². The Morgan fingerprint density at radius 1 is 1.22 bits per heavy atom. The molecule has 1 aromatic carbocycles. The number of halogens is 2. The van der Waals surface area contributed by atoms with Gasteiger partial charge in [0.15, 0.2) is 0 Å². The van der Waals surface area contributed by atoms with Gasteiger partial charge >= 0.3 is 0 Å². The van der Waals surface area contributed by atoms with Gasteiger partial charge in [-0.2, -0.15) is 5.10 Å². The Hall–Kier alpha value is -1.03. The molecule has 2 rings (SSSR count). The average molecular weight is 284 g/mol. The Kier molecular flexibility index (Phi) is 4.64. The Morgan fingerprint density at radius 2 is 2.06 bits per heavy atom. The van der Waals surface area contributed by atoms with Gasteiger partial charge in [-0.15, -0.1) is 0 Å². The minimum Gasteiger partial charge on any atom is -0.311 e. The average Bonchev–Trinajstić information content (AvgIpc) is 2.82. The summed E-state index contributed by atoms with van der Waals surface area (Å²) in [6.45, 7) is 3.92. The smallest absolute Gasteiger partial charge is 0.0766 e. The number of nitrogens with one attached hydrogen (secondary N) is 1. The van der Waals surface area contributed by atoms with Crippen molar-refractivity contribution in [3.63, 3.8) is 0 Å². The Labute approximate surface area is 117 Å². The fourth-order valence-electron chi connectivity index (χ4n) is 1.62. The summed E-state index contributed by atoms with van der Waals surface area (Å²) in [7, 11) is 0. The lowest BCUT2D eigenvalue weighted by Gasteiger charge is -2.03. The minimum absolute atomic E-state index is 0.537. The molecular weight excluding hydrogens is 269 g/mol. The van der Waals surface area contributed by atoms with Crippen LogP contribution in [0.25, 0.3) is 5.69 Å². The van der Waals surface area contributed by atoms with E-state index in [-0.39, 0.29) is 0 Å². The summed E-state index contributed by atoms with van der Waals surface area (Å²) in [6.07, 6.45) is 3.04. The number of rotatable bonds is 5. The first-order valence-corrected chi connectivity index (χ1v) is 6.67. The van der Waals surface area contributed by atoms with Crippen molar-refractivity contribution in [2.75, 3.05) is 6.54 Å². The van der Waals surface area contributed by atoms with Gasteiger partial charge in [-0.05, 0) is 37.2 Å². The molecule has 0 saturated heterocycles. The van der Waals surface area contributed by atoms with Crippen molar-refractivity contribution in [2.24, 2.45) is 0 Å². The Bertz CT molecular complexity index is 523. The SMILES string of the molecule is CCCNCc1ccn(-c2ccc(Cl)c(Cl)c2)n1. The molecule has 1 aromatic heterocycles. The van der Waals surface area contributed by atoms with Gasteiger partial charge in [-0.3, -0.25) is 0 Å². The van der Waals surface area contributed by atoms with Crippen LogP contribution in [-0.4, -0.2) is 16.3 Å². The highest BCUT2D eigenvalue weighted by molar-refractivity contribution is 6.42. The lowest BCUT2D eigenvalue weighted by Crippen LogP contribution is -2.14. The molecule has 0 aliphatic heterocycles. The van der Waals surface area contributed by atoms with Gasteiger partial charge in [0.1, 0.15) is 0 Å². The lowest BCUT2D eigenvalue weighted by atomic mass is 10.3. The topological polar surface area (TPSA) is 29.9 Å². The summed E-state index contributed by atoms with van der Waals surface area (Å²) in [5.74, 6) is 0. The minimum atomic E-state index is 0.537. The maximum absolute atomic E-state index is 5.99. The van der Waals surface area contributed by atoms with Crippen LogP contribution in [0.3, 0.4) is 0 Å². The maximum Gasteiger partial charge on any atom is 0.0766 e. The molecule has 1 N–H and O–H groups in total. The molecule has 0 bridgehead atoms. The van der Waals surface area contributed by atoms with Crippen LogP contribution < -0.4 is 5.32 Å². The third kappa shape index (κ3) is 3.25. The summed E-state index contributed by atoms with van der Waals surface area (Å²) in [5, 5.41) is 8.88. The number of nitrogens with zero attached hydrogens (tertiary/aromatic N) is 2. The van der Waals surface area contributed by atoms with Crippen LogP contribution in [-0.2, 0) is 6.54 Å². The summed E-state index contributed by atoms with van der Waals surface area (Å²) in [4.78, 5) is 0. The summed E-state index contributed by atoms with van der Waals surface area (Å²) >= 11 is 11.9. The molecule has 2 aromatic rings. The molecule has 0 saturated carbocycles. The van der Waals surface area contributed by atoms with Crippen LogP contribution in [0.15, 0.2) is 30.5 Å². The van der Waals surface area contributed by atoms with E-state index in [2.05, 4.69) is 17.3 Å². The maximum atomic E-state index is 5.99. The standard InChI is InChI=1S/C13H15Cl2N3/c1-2-6-16-9-10-5-7-18(17-10)11-3-4-12(14)13(15)8-11/h3-5,7-8,16H,2,6,9H2,1H3. The molecule has 0 unspecified atom stereocenters. The van der Waals surface area contributed by atoms with E-state index in [1.54, 1.807) is 16.8 Å². The number of aromatic nitrogens is 2. The zero-order valence-electron chi connectivity index (χ0n) is 10.2. The van der Waals surface area contributed by atoms with E-state index in [4.69, 9.17) is 23.2 Å². The first kappa shape index (κ1) is 13.4. The van der Waals surface area contributed by atoms with E-state index in [9.17, 15) is 0 Å². The van der Waals surface area contributed by atoms with Crippen molar-refractivity contribution in [1.29, 1.82) is 0 Å². The molecule has 0 amide bonds. The van der Waals surface area contributed by atoms with Gasteiger partial charge in [-0.25, -0.2) is 4.68 Å². The zero-order chi connectivity index (χ0) is 13.0.